The van der Waals surface area contributed by atoms with Crippen LogP contribution in [0, 0.1) is 5.41 Å². The molecular weight excluding hydrogens is 206 g/mol. The van der Waals surface area contributed by atoms with Crippen molar-refractivity contribution in [2.75, 3.05) is 53.7 Å². The summed E-state index contributed by atoms with van der Waals surface area (Å²) in [5.74, 6) is 0. The second kappa shape index (κ2) is 8.01. The maximum atomic E-state index is 5.54. The standard InChI is InChI=1S/C12H25NO3/c1-14-7-3-4-12(5-8-16-11-12)10-13-6-9-15-2/h13H,3-11H2,1-2H3. The number of hydrogen-bond donors (Lipinski definition) is 1. The van der Waals surface area contributed by atoms with Crippen molar-refractivity contribution in [2.24, 2.45) is 5.41 Å². The van der Waals surface area contributed by atoms with Crippen LogP contribution in [0.4, 0.5) is 0 Å². The van der Waals surface area contributed by atoms with E-state index in [1.165, 1.54) is 6.42 Å². The van der Waals surface area contributed by atoms with Gasteiger partial charge in [-0.3, -0.25) is 0 Å². The van der Waals surface area contributed by atoms with Gasteiger partial charge in [0.05, 0.1) is 13.2 Å². The second-order valence-corrected chi connectivity index (χ2v) is 4.57. The molecule has 0 radical (unpaired) electrons. The third kappa shape index (κ3) is 4.78. The fourth-order valence-electron chi connectivity index (χ4n) is 2.19. The van der Waals surface area contributed by atoms with Gasteiger partial charge in [0.25, 0.3) is 0 Å². The molecule has 0 saturated carbocycles. The van der Waals surface area contributed by atoms with Crippen molar-refractivity contribution >= 4 is 0 Å². The Bertz CT molecular complexity index is 170. The zero-order valence-corrected chi connectivity index (χ0v) is 10.6. The minimum atomic E-state index is 0.326. The highest BCUT2D eigenvalue weighted by molar-refractivity contribution is 4.85. The van der Waals surface area contributed by atoms with Crippen LogP contribution in [0.15, 0.2) is 0 Å². The molecule has 0 aromatic carbocycles. The lowest BCUT2D eigenvalue weighted by molar-refractivity contribution is 0.124. The summed E-state index contributed by atoms with van der Waals surface area (Å²) in [6, 6.07) is 0. The summed E-state index contributed by atoms with van der Waals surface area (Å²) in [4.78, 5) is 0. The first kappa shape index (κ1) is 13.9. The highest BCUT2D eigenvalue weighted by Crippen LogP contribution is 2.32. The Balaban J connectivity index is 2.22. The van der Waals surface area contributed by atoms with Gasteiger partial charge in [-0.1, -0.05) is 0 Å². The maximum absolute atomic E-state index is 5.54. The van der Waals surface area contributed by atoms with Crippen molar-refractivity contribution in [1.29, 1.82) is 0 Å². The van der Waals surface area contributed by atoms with Gasteiger partial charge in [0.1, 0.15) is 0 Å². The number of methoxy groups -OCH3 is 2. The third-order valence-electron chi connectivity index (χ3n) is 3.22. The monoisotopic (exact) mass is 231 g/mol. The molecule has 0 amide bonds. The van der Waals surface area contributed by atoms with Gasteiger partial charge in [-0.25, -0.2) is 0 Å². The predicted molar refractivity (Wildman–Crippen MR) is 63.7 cm³/mol. The van der Waals surface area contributed by atoms with Crippen LogP contribution in [-0.2, 0) is 14.2 Å². The molecule has 0 aromatic heterocycles. The van der Waals surface area contributed by atoms with Crippen molar-refractivity contribution in [1.82, 2.24) is 5.32 Å². The van der Waals surface area contributed by atoms with Crippen LogP contribution in [-0.4, -0.2) is 53.7 Å². The average molecular weight is 231 g/mol. The number of hydrogen-bond acceptors (Lipinski definition) is 4. The fraction of sp³-hybridized carbons (Fsp3) is 1.00. The Morgan fingerprint density at radius 1 is 1.25 bits per heavy atom. The van der Waals surface area contributed by atoms with Crippen molar-refractivity contribution in [3.63, 3.8) is 0 Å². The Labute approximate surface area is 98.6 Å². The Kier molecular flexibility index (Phi) is 6.96. The van der Waals surface area contributed by atoms with Crippen molar-refractivity contribution in [3.8, 4) is 0 Å². The molecule has 0 aliphatic carbocycles. The van der Waals surface area contributed by atoms with Crippen molar-refractivity contribution < 1.29 is 14.2 Å². The van der Waals surface area contributed by atoms with Gasteiger partial charge in [0.2, 0.25) is 0 Å². The largest absolute Gasteiger partial charge is 0.385 e. The van der Waals surface area contributed by atoms with Gasteiger partial charge in [-0.15, -0.1) is 0 Å². The second-order valence-electron chi connectivity index (χ2n) is 4.57. The van der Waals surface area contributed by atoms with E-state index in [0.717, 1.165) is 52.4 Å². The molecule has 4 nitrogen and oxygen atoms in total. The fourth-order valence-corrected chi connectivity index (χ4v) is 2.19. The van der Waals surface area contributed by atoms with Crippen LogP contribution in [0.3, 0.4) is 0 Å². The van der Waals surface area contributed by atoms with Crippen molar-refractivity contribution in [2.45, 2.75) is 19.3 Å². The van der Waals surface area contributed by atoms with Crippen molar-refractivity contribution in [3.05, 3.63) is 0 Å². The van der Waals surface area contributed by atoms with Gasteiger partial charge in [0, 0.05) is 45.9 Å². The molecule has 0 bridgehead atoms. The van der Waals surface area contributed by atoms with Gasteiger partial charge in [0.15, 0.2) is 0 Å². The highest BCUT2D eigenvalue weighted by Gasteiger charge is 2.33. The lowest BCUT2D eigenvalue weighted by Gasteiger charge is -2.27. The molecule has 1 N–H and O–H groups in total. The summed E-state index contributed by atoms with van der Waals surface area (Å²) in [6.45, 7) is 5.35. The van der Waals surface area contributed by atoms with Crippen LogP contribution >= 0.6 is 0 Å². The van der Waals surface area contributed by atoms with Gasteiger partial charge in [-0.2, -0.15) is 0 Å². The molecule has 1 aliphatic heterocycles. The molecule has 0 spiro atoms. The Hall–Kier alpha value is -0.160. The highest BCUT2D eigenvalue weighted by atomic mass is 16.5. The van der Waals surface area contributed by atoms with E-state index in [1.54, 1.807) is 14.2 Å². The molecule has 1 unspecified atom stereocenters. The number of rotatable bonds is 9. The summed E-state index contributed by atoms with van der Waals surface area (Å²) in [7, 11) is 3.49. The smallest absolute Gasteiger partial charge is 0.0587 e. The van der Waals surface area contributed by atoms with E-state index in [2.05, 4.69) is 5.32 Å². The van der Waals surface area contributed by atoms with E-state index in [1.807, 2.05) is 0 Å². The first-order valence-electron chi connectivity index (χ1n) is 6.09. The molecule has 4 heteroatoms. The summed E-state index contributed by atoms with van der Waals surface area (Å²) in [6.07, 6.45) is 3.46. The lowest BCUT2D eigenvalue weighted by atomic mass is 9.82. The minimum Gasteiger partial charge on any atom is -0.385 e. The third-order valence-corrected chi connectivity index (χ3v) is 3.22. The maximum Gasteiger partial charge on any atom is 0.0587 e. The molecule has 1 heterocycles. The zero-order valence-electron chi connectivity index (χ0n) is 10.6. The molecular formula is C12H25NO3. The van der Waals surface area contributed by atoms with Crippen LogP contribution in [0.5, 0.6) is 0 Å². The normalized spacial score (nSPS) is 25.1. The minimum absolute atomic E-state index is 0.326. The van der Waals surface area contributed by atoms with E-state index in [9.17, 15) is 0 Å². The van der Waals surface area contributed by atoms with E-state index in [4.69, 9.17) is 14.2 Å². The molecule has 1 rings (SSSR count). The Morgan fingerprint density at radius 2 is 2.06 bits per heavy atom. The van der Waals surface area contributed by atoms with Gasteiger partial charge >= 0.3 is 0 Å². The molecule has 1 fully saturated rings. The number of ether oxygens (including phenoxy) is 3. The van der Waals surface area contributed by atoms with Crippen LogP contribution in [0.1, 0.15) is 19.3 Å². The first-order chi connectivity index (χ1) is 7.83. The predicted octanol–water partition coefficient (Wildman–Crippen LogP) is 1.06. The van der Waals surface area contributed by atoms with E-state index in [0.29, 0.717) is 5.41 Å². The quantitative estimate of drug-likeness (QED) is 0.602. The van der Waals surface area contributed by atoms with Gasteiger partial charge < -0.3 is 19.5 Å². The van der Waals surface area contributed by atoms with Crippen LogP contribution in [0.25, 0.3) is 0 Å². The molecule has 1 atom stereocenters. The van der Waals surface area contributed by atoms with Gasteiger partial charge in [-0.05, 0) is 19.3 Å². The number of nitrogens with one attached hydrogen (secondary N) is 1. The van der Waals surface area contributed by atoms with E-state index in [-0.39, 0.29) is 0 Å². The molecule has 0 aromatic rings. The molecule has 1 aliphatic rings. The molecule has 1 saturated heterocycles. The van der Waals surface area contributed by atoms with Crippen LogP contribution < -0.4 is 5.32 Å². The summed E-state index contributed by atoms with van der Waals surface area (Å²) < 4.78 is 15.7. The average Bonchev–Trinajstić information content (AvgIpc) is 2.74. The molecule has 96 valence electrons. The zero-order chi connectivity index (χ0) is 11.7. The summed E-state index contributed by atoms with van der Waals surface area (Å²) in [5, 5.41) is 3.45. The van der Waals surface area contributed by atoms with Crippen LogP contribution in [0.2, 0.25) is 0 Å². The summed E-state index contributed by atoms with van der Waals surface area (Å²) in [5.41, 5.74) is 0.326. The first-order valence-corrected chi connectivity index (χ1v) is 6.09. The molecule has 16 heavy (non-hydrogen) atoms. The Morgan fingerprint density at radius 3 is 2.69 bits per heavy atom. The topological polar surface area (TPSA) is 39.7 Å². The lowest BCUT2D eigenvalue weighted by Crippen LogP contribution is -2.36. The summed E-state index contributed by atoms with van der Waals surface area (Å²) >= 11 is 0. The SMILES string of the molecule is COCCCC1(CNCCOC)CCOC1. The van der Waals surface area contributed by atoms with E-state index >= 15 is 0 Å². The van der Waals surface area contributed by atoms with E-state index < -0.39 is 0 Å².